The summed E-state index contributed by atoms with van der Waals surface area (Å²) in [6.45, 7) is 1.87. The number of hydrogen-bond donors (Lipinski definition) is 2. The zero-order chi connectivity index (χ0) is 15.0. The molecule has 20 heavy (non-hydrogen) atoms. The van der Waals surface area contributed by atoms with Crippen LogP contribution in [0.5, 0.6) is 5.75 Å². The summed E-state index contributed by atoms with van der Waals surface area (Å²) in [5.74, 6) is -1.26. The van der Waals surface area contributed by atoms with Gasteiger partial charge in [0, 0.05) is 11.6 Å². The molecule has 0 heterocycles. The minimum Gasteiger partial charge on any atom is -0.484 e. The lowest BCUT2D eigenvalue weighted by molar-refractivity contribution is -0.142. The Balaban J connectivity index is 2.32. The maximum atomic E-state index is 11.6. The van der Waals surface area contributed by atoms with Crippen molar-refractivity contribution in [1.29, 1.82) is 0 Å². The molecular weight excluding hydrogens is 282 g/mol. The van der Waals surface area contributed by atoms with Gasteiger partial charge in [0.2, 0.25) is 0 Å². The van der Waals surface area contributed by atoms with Gasteiger partial charge in [-0.05, 0) is 30.7 Å². The van der Waals surface area contributed by atoms with Crippen LogP contribution in [0.3, 0.4) is 0 Å². The lowest BCUT2D eigenvalue weighted by Crippen LogP contribution is -2.35. The summed E-state index contributed by atoms with van der Waals surface area (Å²) in [6.07, 6.45) is 1.29. The molecule has 0 radical (unpaired) electrons. The number of carboxylic acids is 1. The number of amides is 1. The summed E-state index contributed by atoms with van der Waals surface area (Å²) in [4.78, 5) is 22.5. The number of nitrogens with one attached hydrogen (secondary N) is 1. The van der Waals surface area contributed by atoms with Gasteiger partial charge in [-0.1, -0.05) is 24.9 Å². The first kappa shape index (κ1) is 16.3. The third-order valence-corrected chi connectivity index (χ3v) is 2.97. The molecular formula is C14H18ClNO4. The van der Waals surface area contributed by atoms with Gasteiger partial charge in [-0.15, -0.1) is 0 Å². The Bertz CT molecular complexity index is 447. The van der Waals surface area contributed by atoms with Crippen LogP contribution in [0.1, 0.15) is 19.8 Å². The molecule has 6 heteroatoms. The molecule has 110 valence electrons. The predicted molar refractivity (Wildman–Crippen MR) is 76.0 cm³/mol. The highest BCUT2D eigenvalue weighted by Gasteiger charge is 2.17. The highest BCUT2D eigenvalue weighted by atomic mass is 35.5. The van der Waals surface area contributed by atoms with Crippen molar-refractivity contribution in [3.05, 3.63) is 29.3 Å². The lowest BCUT2D eigenvalue weighted by Gasteiger charge is -2.12. The number of carboxylic acid groups (broad SMARTS) is 1. The molecule has 0 fully saturated rings. The number of carbonyl (C=O) groups is 2. The third-order valence-electron chi connectivity index (χ3n) is 2.72. The van der Waals surface area contributed by atoms with Crippen LogP contribution < -0.4 is 10.1 Å². The molecule has 5 nitrogen and oxygen atoms in total. The first-order valence-corrected chi connectivity index (χ1v) is 6.78. The second kappa shape index (κ2) is 8.43. The Morgan fingerprint density at radius 1 is 1.35 bits per heavy atom. The van der Waals surface area contributed by atoms with Crippen LogP contribution in [0.25, 0.3) is 0 Å². The molecule has 1 rings (SSSR count). The number of halogens is 1. The SMILES string of the molecule is CCCC(CNC(=O)COc1ccc(Cl)cc1)C(=O)O. The van der Waals surface area contributed by atoms with Crippen LogP contribution in [0.2, 0.25) is 5.02 Å². The van der Waals surface area contributed by atoms with E-state index in [1.807, 2.05) is 6.92 Å². The monoisotopic (exact) mass is 299 g/mol. The van der Waals surface area contributed by atoms with E-state index in [-0.39, 0.29) is 19.1 Å². The smallest absolute Gasteiger partial charge is 0.308 e. The normalized spacial score (nSPS) is 11.7. The Kier molecular flexibility index (Phi) is 6.87. The van der Waals surface area contributed by atoms with E-state index >= 15 is 0 Å². The standard InChI is InChI=1S/C14H18ClNO4/c1-2-3-10(14(18)19)8-16-13(17)9-20-12-6-4-11(15)5-7-12/h4-7,10H,2-3,8-9H2,1H3,(H,16,17)(H,18,19). The second-order valence-electron chi connectivity index (χ2n) is 4.37. The highest BCUT2D eigenvalue weighted by molar-refractivity contribution is 6.30. The molecule has 0 aliphatic heterocycles. The van der Waals surface area contributed by atoms with Gasteiger partial charge in [0.25, 0.3) is 5.91 Å². The van der Waals surface area contributed by atoms with Crippen LogP contribution in [0, 0.1) is 5.92 Å². The minimum absolute atomic E-state index is 0.117. The fourth-order valence-corrected chi connectivity index (χ4v) is 1.76. The molecule has 0 bridgehead atoms. The van der Waals surface area contributed by atoms with E-state index in [4.69, 9.17) is 21.4 Å². The van der Waals surface area contributed by atoms with Crippen molar-refractivity contribution >= 4 is 23.5 Å². The first-order chi connectivity index (χ1) is 9.52. The number of aliphatic carboxylic acids is 1. The van der Waals surface area contributed by atoms with Gasteiger partial charge in [-0.3, -0.25) is 9.59 Å². The van der Waals surface area contributed by atoms with Crippen LogP contribution in [0.4, 0.5) is 0 Å². The van der Waals surface area contributed by atoms with Gasteiger partial charge in [-0.2, -0.15) is 0 Å². The van der Waals surface area contributed by atoms with E-state index < -0.39 is 11.9 Å². The number of carbonyl (C=O) groups excluding carboxylic acids is 1. The molecule has 1 aromatic rings. The van der Waals surface area contributed by atoms with Crippen molar-refractivity contribution < 1.29 is 19.4 Å². The van der Waals surface area contributed by atoms with E-state index in [2.05, 4.69) is 5.32 Å². The molecule has 1 amide bonds. The van der Waals surface area contributed by atoms with Crippen molar-refractivity contribution in [3.63, 3.8) is 0 Å². The average Bonchev–Trinajstić information content (AvgIpc) is 2.42. The van der Waals surface area contributed by atoms with Gasteiger partial charge in [0.15, 0.2) is 6.61 Å². The topological polar surface area (TPSA) is 75.6 Å². The summed E-state index contributed by atoms with van der Waals surface area (Å²) in [7, 11) is 0. The molecule has 1 aromatic carbocycles. The quantitative estimate of drug-likeness (QED) is 0.772. The number of rotatable bonds is 8. The van der Waals surface area contributed by atoms with Crippen LogP contribution in [0.15, 0.2) is 24.3 Å². The molecule has 0 saturated carbocycles. The summed E-state index contributed by atoms with van der Waals surface area (Å²) < 4.78 is 5.26. The fourth-order valence-electron chi connectivity index (χ4n) is 1.63. The van der Waals surface area contributed by atoms with Crippen molar-refractivity contribution in [3.8, 4) is 5.75 Å². The molecule has 0 saturated heterocycles. The Hall–Kier alpha value is -1.75. The number of ether oxygens (including phenoxy) is 1. The van der Waals surface area contributed by atoms with Crippen LogP contribution in [-0.2, 0) is 9.59 Å². The van der Waals surface area contributed by atoms with E-state index in [1.54, 1.807) is 24.3 Å². The van der Waals surface area contributed by atoms with E-state index in [1.165, 1.54) is 0 Å². The van der Waals surface area contributed by atoms with Gasteiger partial charge < -0.3 is 15.2 Å². The molecule has 0 aliphatic rings. The Morgan fingerprint density at radius 3 is 2.55 bits per heavy atom. The van der Waals surface area contributed by atoms with E-state index in [0.29, 0.717) is 17.2 Å². The minimum atomic E-state index is -0.897. The van der Waals surface area contributed by atoms with Crippen LogP contribution in [-0.4, -0.2) is 30.1 Å². The zero-order valence-corrected chi connectivity index (χ0v) is 12.0. The van der Waals surface area contributed by atoms with Gasteiger partial charge >= 0.3 is 5.97 Å². The summed E-state index contributed by atoms with van der Waals surface area (Å²) in [5.41, 5.74) is 0. The summed E-state index contributed by atoms with van der Waals surface area (Å²) >= 11 is 5.73. The van der Waals surface area contributed by atoms with E-state index in [9.17, 15) is 9.59 Å². The molecule has 2 N–H and O–H groups in total. The average molecular weight is 300 g/mol. The molecule has 0 spiro atoms. The van der Waals surface area contributed by atoms with E-state index in [0.717, 1.165) is 6.42 Å². The number of benzene rings is 1. The van der Waals surface area contributed by atoms with Crippen molar-refractivity contribution in [2.75, 3.05) is 13.2 Å². The first-order valence-electron chi connectivity index (χ1n) is 6.40. The zero-order valence-electron chi connectivity index (χ0n) is 11.3. The lowest BCUT2D eigenvalue weighted by atomic mass is 10.0. The predicted octanol–water partition coefficient (Wildman–Crippen LogP) is 2.34. The van der Waals surface area contributed by atoms with Crippen molar-refractivity contribution in [2.24, 2.45) is 5.92 Å². The third kappa shape index (κ3) is 5.93. The van der Waals surface area contributed by atoms with Gasteiger partial charge in [-0.25, -0.2) is 0 Å². The van der Waals surface area contributed by atoms with Gasteiger partial charge in [0.1, 0.15) is 5.75 Å². The van der Waals surface area contributed by atoms with Crippen LogP contribution >= 0.6 is 11.6 Å². The molecule has 1 unspecified atom stereocenters. The summed E-state index contributed by atoms with van der Waals surface area (Å²) in [5, 5.41) is 12.1. The maximum absolute atomic E-state index is 11.6. The number of hydrogen-bond acceptors (Lipinski definition) is 3. The van der Waals surface area contributed by atoms with Crippen molar-refractivity contribution in [2.45, 2.75) is 19.8 Å². The highest BCUT2D eigenvalue weighted by Crippen LogP contribution is 2.15. The van der Waals surface area contributed by atoms with Gasteiger partial charge in [0.05, 0.1) is 5.92 Å². The maximum Gasteiger partial charge on any atom is 0.308 e. The fraction of sp³-hybridized carbons (Fsp3) is 0.429. The molecule has 1 atom stereocenters. The van der Waals surface area contributed by atoms with Crippen molar-refractivity contribution in [1.82, 2.24) is 5.32 Å². The Morgan fingerprint density at radius 2 is 2.00 bits per heavy atom. The summed E-state index contributed by atoms with van der Waals surface area (Å²) in [6, 6.07) is 6.65. The largest absolute Gasteiger partial charge is 0.484 e. The molecule has 0 aromatic heterocycles. The molecule has 0 aliphatic carbocycles. The Labute approximate surface area is 122 Å². The second-order valence-corrected chi connectivity index (χ2v) is 4.81.